The minimum Gasteiger partial charge on any atom is -0.342 e. The Bertz CT molecular complexity index is 579. The second-order valence-corrected chi connectivity index (χ2v) is 6.63. The van der Waals surface area contributed by atoms with Crippen LogP contribution in [0.4, 0.5) is 0 Å². The van der Waals surface area contributed by atoms with E-state index >= 15 is 0 Å². The van der Waals surface area contributed by atoms with Crippen molar-refractivity contribution in [2.24, 2.45) is 0 Å². The first-order valence-corrected chi connectivity index (χ1v) is 9.06. The van der Waals surface area contributed by atoms with Gasteiger partial charge < -0.3 is 10.3 Å². The average molecular weight is 299 g/mol. The fourth-order valence-corrected chi connectivity index (χ4v) is 3.50. The van der Waals surface area contributed by atoms with Crippen molar-refractivity contribution >= 4 is 11.0 Å². The Hall–Kier alpha value is -1.35. The van der Waals surface area contributed by atoms with Crippen LogP contribution in [-0.4, -0.2) is 22.6 Å². The predicted octanol–water partition coefficient (Wildman–Crippen LogP) is 4.37. The number of aromatic nitrogens is 2. The van der Waals surface area contributed by atoms with Gasteiger partial charge in [0.15, 0.2) is 0 Å². The van der Waals surface area contributed by atoms with Crippen LogP contribution in [0.3, 0.4) is 0 Å². The van der Waals surface area contributed by atoms with Gasteiger partial charge in [0.05, 0.1) is 11.0 Å². The van der Waals surface area contributed by atoms with Crippen LogP contribution in [0.5, 0.6) is 0 Å². The maximum absolute atomic E-state index is 4.71. The molecule has 1 aliphatic rings. The van der Waals surface area contributed by atoms with Crippen molar-refractivity contribution in [3.8, 4) is 0 Å². The summed E-state index contributed by atoms with van der Waals surface area (Å²) in [6.45, 7) is 3.22. The van der Waals surface area contributed by atoms with Gasteiger partial charge in [-0.15, -0.1) is 0 Å². The lowest BCUT2D eigenvalue weighted by Gasteiger charge is -2.20. The molecule has 1 fully saturated rings. The number of rotatable bonds is 5. The van der Waals surface area contributed by atoms with Gasteiger partial charge in [0.2, 0.25) is 0 Å². The summed E-state index contributed by atoms with van der Waals surface area (Å²) in [6.07, 6.45) is 11.8. The Morgan fingerprint density at radius 1 is 1.14 bits per heavy atom. The van der Waals surface area contributed by atoms with E-state index in [4.69, 9.17) is 4.98 Å². The van der Waals surface area contributed by atoms with Gasteiger partial charge in [0, 0.05) is 19.0 Å². The number of nitrogens with one attached hydrogen (secondary N) is 2. The molecule has 2 N–H and O–H groups in total. The molecule has 1 aromatic carbocycles. The molecule has 1 aromatic heterocycles. The lowest BCUT2D eigenvalue weighted by molar-refractivity contribution is 0.391. The maximum Gasteiger partial charge on any atom is 0.108 e. The Balaban J connectivity index is 1.52. The molecule has 22 heavy (non-hydrogen) atoms. The fraction of sp³-hybridized carbons (Fsp3) is 0.632. The molecule has 0 bridgehead atoms. The monoisotopic (exact) mass is 299 g/mol. The topological polar surface area (TPSA) is 40.7 Å². The van der Waals surface area contributed by atoms with E-state index in [0.29, 0.717) is 0 Å². The van der Waals surface area contributed by atoms with Crippen LogP contribution in [0.2, 0.25) is 0 Å². The highest BCUT2D eigenvalue weighted by Crippen LogP contribution is 2.17. The highest BCUT2D eigenvalue weighted by Gasteiger charge is 2.11. The van der Waals surface area contributed by atoms with Crippen LogP contribution < -0.4 is 5.32 Å². The lowest BCUT2D eigenvalue weighted by Crippen LogP contribution is -2.31. The molecule has 2 aromatic rings. The Morgan fingerprint density at radius 2 is 1.91 bits per heavy atom. The molecule has 0 amide bonds. The third-order valence-corrected chi connectivity index (χ3v) is 4.90. The van der Waals surface area contributed by atoms with Crippen molar-refractivity contribution in [2.75, 3.05) is 6.54 Å². The van der Waals surface area contributed by atoms with Crippen molar-refractivity contribution in [3.63, 3.8) is 0 Å². The number of nitrogens with zero attached hydrogens (tertiary/aromatic N) is 1. The molecule has 1 saturated carbocycles. The molecule has 3 rings (SSSR count). The summed E-state index contributed by atoms with van der Waals surface area (Å²) >= 11 is 0. The number of hydrogen-bond acceptors (Lipinski definition) is 2. The molecule has 1 heterocycles. The van der Waals surface area contributed by atoms with Crippen LogP contribution >= 0.6 is 0 Å². The van der Waals surface area contributed by atoms with Gasteiger partial charge >= 0.3 is 0 Å². The van der Waals surface area contributed by atoms with Gasteiger partial charge in [-0.2, -0.15) is 0 Å². The van der Waals surface area contributed by atoms with E-state index in [2.05, 4.69) is 35.4 Å². The molecule has 0 saturated heterocycles. The van der Waals surface area contributed by atoms with E-state index in [-0.39, 0.29) is 0 Å². The van der Waals surface area contributed by atoms with Crippen LogP contribution in [0, 0.1) is 0 Å². The molecule has 0 unspecified atom stereocenters. The van der Waals surface area contributed by atoms with Crippen molar-refractivity contribution in [3.05, 3.63) is 29.6 Å². The Kier molecular flexibility index (Phi) is 5.49. The first-order valence-electron chi connectivity index (χ1n) is 9.06. The zero-order valence-electron chi connectivity index (χ0n) is 13.8. The molecule has 1 aliphatic carbocycles. The average Bonchev–Trinajstić information content (AvgIpc) is 2.90. The van der Waals surface area contributed by atoms with Crippen LogP contribution in [0.1, 0.15) is 63.3 Å². The van der Waals surface area contributed by atoms with Gasteiger partial charge in [-0.25, -0.2) is 4.98 Å². The van der Waals surface area contributed by atoms with Crippen LogP contribution in [0.15, 0.2) is 18.2 Å². The molecule has 120 valence electrons. The molecule has 3 heteroatoms. The molecule has 3 nitrogen and oxygen atoms in total. The largest absolute Gasteiger partial charge is 0.342 e. The number of benzene rings is 1. The smallest absolute Gasteiger partial charge is 0.108 e. The zero-order valence-corrected chi connectivity index (χ0v) is 13.8. The van der Waals surface area contributed by atoms with Crippen molar-refractivity contribution in [1.29, 1.82) is 0 Å². The second kappa shape index (κ2) is 7.77. The molecule has 0 atom stereocenters. The second-order valence-electron chi connectivity index (χ2n) is 6.63. The minimum absolute atomic E-state index is 0.719. The highest BCUT2D eigenvalue weighted by molar-refractivity contribution is 5.75. The summed E-state index contributed by atoms with van der Waals surface area (Å²) in [6, 6.07) is 7.26. The first-order chi connectivity index (χ1) is 10.8. The van der Waals surface area contributed by atoms with Crippen molar-refractivity contribution in [2.45, 2.75) is 70.8 Å². The lowest BCUT2D eigenvalue weighted by atomic mass is 9.97. The van der Waals surface area contributed by atoms with Gasteiger partial charge in [0.25, 0.3) is 0 Å². The summed E-state index contributed by atoms with van der Waals surface area (Å²) in [5, 5.41) is 3.74. The van der Waals surface area contributed by atoms with Gasteiger partial charge in [0.1, 0.15) is 5.82 Å². The minimum atomic E-state index is 0.719. The zero-order chi connectivity index (χ0) is 15.2. The van der Waals surface area contributed by atoms with E-state index < -0.39 is 0 Å². The van der Waals surface area contributed by atoms with Gasteiger partial charge in [-0.1, -0.05) is 45.1 Å². The van der Waals surface area contributed by atoms with Crippen molar-refractivity contribution in [1.82, 2.24) is 15.3 Å². The van der Waals surface area contributed by atoms with E-state index in [0.717, 1.165) is 36.8 Å². The van der Waals surface area contributed by atoms with E-state index in [9.17, 15) is 0 Å². The molecule has 0 radical (unpaired) electrons. The number of H-pyrrole nitrogens is 1. The summed E-state index contributed by atoms with van der Waals surface area (Å²) in [7, 11) is 0. The van der Waals surface area contributed by atoms with E-state index in [1.807, 2.05) is 0 Å². The highest BCUT2D eigenvalue weighted by atomic mass is 14.9. The van der Waals surface area contributed by atoms with Crippen molar-refractivity contribution < 1.29 is 0 Å². The summed E-state index contributed by atoms with van der Waals surface area (Å²) in [4.78, 5) is 8.19. The quantitative estimate of drug-likeness (QED) is 0.860. The summed E-state index contributed by atoms with van der Waals surface area (Å²) < 4.78 is 0. The number of fused-ring (bicyclic) bond motifs is 1. The summed E-state index contributed by atoms with van der Waals surface area (Å²) in [5.41, 5.74) is 3.65. The van der Waals surface area contributed by atoms with Gasteiger partial charge in [-0.05, 0) is 37.0 Å². The first kappa shape index (κ1) is 15.5. The van der Waals surface area contributed by atoms with E-state index in [1.54, 1.807) is 0 Å². The SMILES string of the molecule is CCc1ccc2nc(CCNC3CCCCCCC3)[nH]c2c1. The number of aryl methyl sites for hydroxylation is 1. The molecular weight excluding hydrogens is 270 g/mol. The number of imidazole rings is 1. The van der Waals surface area contributed by atoms with Crippen LogP contribution in [0.25, 0.3) is 11.0 Å². The molecule has 0 spiro atoms. The third kappa shape index (κ3) is 4.10. The Morgan fingerprint density at radius 3 is 2.68 bits per heavy atom. The summed E-state index contributed by atoms with van der Waals surface area (Å²) in [5.74, 6) is 1.11. The molecular formula is C19H29N3. The fourth-order valence-electron chi connectivity index (χ4n) is 3.50. The predicted molar refractivity (Wildman–Crippen MR) is 93.3 cm³/mol. The standard InChI is InChI=1S/C19H29N3/c1-2-15-10-11-17-18(14-15)22-19(21-17)12-13-20-16-8-6-4-3-5-7-9-16/h10-11,14,16,20H,2-9,12-13H2,1H3,(H,21,22). The Labute approximate surface area is 133 Å². The van der Waals surface area contributed by atoms with Crippen LogP contribution in [-0.2, 0) is 12.8 Å². The number of hydrogen-bond donors (Lipinski definition) is 2. The normalized spacial score (nSPS) is 17.5. The maximum atomic E-state index is 4.71. The van der Waals surface area contributed by atoms with Gasteiger partial charge in [-0.3, -0.25) is 0 Å². The molecule has 0 aliphatic heterocycles. The van der Waals surface area contributed by atoms with E-state index in [1.165, 1.54) is 56.0 Å². The third-order valence-electron chi connectivity index (χ3n) is 4.90. The number of aromatic amines is 1.